The van der Waals surface area contributed by atoms with Crippen LogP contribution in [0.1, 0.15) is 17.7 Å². The smallest absolute Gasteiger partial charge is 0.125 e. The molecule has 0 atom stereocenters. The van der Waals surface area contributed by atoms with Crippen LogP contribution in [-0.4, -0.2) is 16.0 Å². The predicted octanol–water partition coefficient (Wildman–Crippen LogP) is 2.46. The van der Waals surface area contributed by atoms with Crippen molar-refractivity contribution in [2.24, 2.45) is 0 Å². The van der Waals surface area contributed by atoms with Crippen LogP contribution in [0, 0.1) is 0 Å². The fourth-order valence-electron chi connectivity index (χ4n) is 1.54. The van der Waals surface area contributed by atoms with Crippen LogP contribution in [-0.2, 0) is 6.54 Å². The second-order valence-corrected chi connectivity index (χ2v) is 5.14. The molecule has 0 spiro atoms. The average molecular weight is 231 g/mol. The molecule has 1 aliphatic carbocycles. The number of hydrogen-bond donors (Lipinski definition) is 1. The van der Waals surface area contributed by atoms with Gasteiger partial charge in [0.15, 0.2) is 0 Å². The van der Waals surface area contributed by atoms with Crippen LogP contribution in [0.3, 0.4) is 0 Å². The van der Waals surface area contributed by atoms with Gasteiger partial charge >= 0.3 is 0 Å². The van der Waals surface area contributed by atoms with E-state index in [0.717, 1.165) is 23.2 Å². The molecular formula is C12H13N3S. The molecule has 0 radical (unpaired) electrons. The highest BCUT2D eigenvalue weighted by atomic mass is 32.1. The number of thiazole rings is 1. The molecule has 3 rings (SSSR count). The van der Waals surface area contributed by atoms with Crippen molar-refractivity contribution in [3.8, 4) is 10.6 Å². The molecule has 1 N–H and O–H groups in total. The zero-order valence-corrected chi connectivity index (χ0v) is 9.70. The van der Waals surface area contributed by atoms with Crippen molar-refractivity contribution in [3.63, 3.8) is 0 Å². The van der Waals surface area contributed by atoms with E-state index >= 15 is 0 Å². The van der Waals surface area contributed by atoms with E-state index in [1.54, 1.807) is 17.5 Å². The summed E-state index contributed by atoms with van der Waals surface area (Å²) in [5.41, 5.74) is 1.10. The van der Waals surface area contributed by atoms with Gasteiger partial charge in [-0.3, -0.25) is 4.98 Å². The molecule has 1 saturated carbocycles. The van der Waals surface area contributed by atoms with Crippen molar-refractivity contribution in [3.05, 3.63) is 35.6 Å². The van der Waals surface area contributed by atoms with Gasteiger partial charge in [-0.15, -0.1) is 11.3 Å². The van der Waals surface area contributed by atoms with E-state index in [4.69, 9.17) is 0 Å². The molecule has 2 aromatic heterocycles. The van der Waals surface area contributed by atoms with Crippen LogP contribution in [0.2, 0.25) is 0 Å². The summed E-state index contributed by atoms with van der Waals surface area (Å²) >= 11 is 1.74. The number of nitrogens with zero attached hydrogens (tertiary/aromatic N) is 2. The van der Waals surface area contributed by atoms with E-state index < -0.39 is 0 Å². The van der Waals surface area contributed by atoms with E-state index in [-0.39, 0.29) is 0 Å². The number of nitrogens with one attached hydrogen (secondary N) is 1. The molecule has 16 heavy (non-hydrogen) atoms. The van der Waals surface area contributed by atoms with Gasteiger partial charge in [0.25, 0.3) is 0 Å². The van der Waals surface area contributed by atoms with Gasteiger partial charge in [0, 0.05) is 41.6 Å². The molecule has 82 valence electrons. The van der Waals surface area contributed by atoms with Gasteiger partial charge in [-0.2, -0.15) is 0 Å². The van der Waals surface area contributed by atoms with Crippen molar-refractivity contribution < 1.29 is 0 Å². The van der Waals surface area contributed by atoms with E-state index in [2.05, 4.69) is 15.3 Å². The molecule has 1 aliphatic rings. The summed E-state index contributed by atoms with van der Waals surface area (Å²) in [4.78, 5) is 9.83. The van der Waals surface area contributed by atoms with E-state index in [1.165, 1.54) is 17.7 Å². The monoisotopic (exact) mass is 231 g/mol. The van der Waals surface area contributed by atoms with E-state index in [0.29, 0.717) is 0 Å². The highest BCUT2D eigenvalue weighted by molar-refractivity contribution is 7.15. The maximum Gasteiger partial charge on any atom is 0.125 e. The summed E-state index contributed by atoms with van der Waals surface area (Å²) in [6.45, 7) is 0.947. The molecule has 2 heterocycles. The summed E-state index contributed by atoms with van der Waals surface area (Å²) in [6, 6.07) is 4.74. The molecule has 0 unspecified atom stereocenters. The van der Waals surface area contributed by atoms with Crippen molar-refractivity contribution in [2.75, 3.05) is 0 Å². The lowest BCUT2D eigenvalue weighted by Gasteiger charge is -1.97. The van der Waals surface area contributed by atoms with Gasteiger partial charge in [0.05, 0.1) is 0 Å². The quantitative estimate of drug-likeness (QED) is 0.878. The maximum atomic E-state index is 4.42. The normalized spacial score (nSPS) is 15.2. The van der Waals surface area contributed by atoms with Crippen molar-refractivity contribution in [2.45, 2.75) is 25.4 Å². The third-order valence-corrected chi connectivity index (χ3v) is 3.65. The average Bonchev–Trinajstić information content (AvgIpc) is 3.05. The standard InChI is InChI=1S/C12H13N3S/c1-2-9(6-13-5-1)12-15-8-11(16-12)7-14-10-3-4-10/h1-2,5-6,8,10,14H,3-4,7H2. The Hall–Kier alpha value is -1.26. The molecule has 0 saturated heterocycles. The highest BCUT2D eigenvalue weighted by Crippen LogP contribution is 2.25. The number of rotatable bonds is 4. The van der Waals surface area contributed by atoms with Crippen LogP contribution >= 0.6 is 11.3 Å². The Morgan fingerprint density at radius 1 is 1.38 bits per heavy atom. The van der Waals surface area contributed by atoms with Crippen molar-refractivity contribution >= 4 is 11.3 Å². The van der Waals surface area contributed by atoms with Crippen LogP contribution in [0.4, 0.5) is 0 Å². The lowest BCUT2D eigenvalue weighted by molar-refractivity contribution is 0.694. The van der Waals surface area contributed by atoms with E-state index in [1.807, 2.05) is 24.5 Å². The molecular weight excluding hydrogens is 218 g/mol. The maximum absolute atomic E-state index is 4.42. The molecule has 4 heteroatoms. The van der Waals surface area contributed by atoms with Crippen molar-refractivity contribution in [1.82, 2.24) is 15.3 Å². The fourth-order valence-corrected chi connectivity index (χ4v) is 2.40. The van der Waals surface area contributed by atoms with E-state index in [9.17, 15) is 0 Å². The summed E-state index contributed by atoms with van der Waals surface area (Å²) in [5.74, 6) is 0. The second-order valence-electron chi connectivity index (χ2n) is 4.03. The zero-order valence-electron chi connectivity index (χ0n) is 8.89. The Kier molecular flexibility index (Phi) is 2.68. The highest BCUT2D eigenvalue weighted by Gasteiger charge is 2.20. The topological polar surface area (TPSA) is 37.8 Å². The van der Waals surface area contributed by atoms with Crippen LogP contribution in [0.5, 0.6) is 0 Å². The Bertz CT molecular complexity index is 462. The Balaban J connectivity index is 1.71. The molecule has 0 aliphatic heterocycles. The SMILES string of the molecule is c1cncc(-c2ncc(CNC3CC3)s2)c1. The Morgan fingerprint density at radius 2 is 2.31 bits per heavy atom. The molecule has 0 bridgehead atoms. The molecule has 3 nitrogen and oxygen atoms in total. The van der Waals surface area contributed by atoms with Gasteiger partial charge < -0.3 is 5.32 Å². The minimum absolute atomic E-state index is 0.754. The summed E-state index contributed by atoms with van der Waals surface area (Å²) in [7, 11) is 0. The minimum atomic E-state index is 0.754. The lowest BCUT2D eigenvalue weighted by Crippen LogP contribution is -2.14. The van der Waals surface area contributed by atoms with Crippen LogP contribution in [0.15, 0.2) is 30.7 Å². The van der Waals surface area contributed by atoms with Gasteiger partial charge in [0.2, 0.25) is 0 Å². The molecule has 0 amide bonds. The van der Waals surface area contributed by atoms with Crippen LogP contribution in [0.25, 0.3) is 10.6 Å². The van der Waals surface area contributed by atoms with Crippen LogP contribution < -0.4 is 5.32 Å². The molecule has 2 aromatic rings. The fraction of sp³-hybridized carbons (Fsp3) is 0.333. The zero-order chi connectivity index (χ0) is 10.8. The third kappa shape index (κ3) is 2.28. The summed E-state index contributed by atoms with van der Waals surface area (Å²) in [5, 5.41) is 4.55. The molecule has 1 fully saturated rings. The first-order valence-corrected chi connectivity index (χ1v) is 6.32. The van der Waals surface area contributed by atoms with Crippen molar-refractivity contribution in [1.29, 1.82) is 0 Å². The second kappa shape index (κ2) is 4.31. The first-order chi connectivity index (χ1) is 7.92. The summed E-state index contributed by atoms with van der Waals surface area (Å²) < 4.78 is 0. The largest absolute Gasteiger partial charge is 0.309 e. The number of aromatic nitrogens is 2. The minimum Gasteiger partial charge on any atom is -0.309 e. The Labute approximate surface area is 98.6 Å². The van der Waals surface area contributed by atoms with Gasteiger partial charge in [-0.1, -0.05) is 0 Å². The summed E-state index contributed by atoms with van der Waals surface area (Å²) in [6.07, 6.45) is 8.26. The van der Waals surface area contributed by atoms with Gasteiger partial charge in [-0.05, 0) is 25.0 Å². The first-order valence-electron chi connectivity index (χ1n) is 5.50. The molecule has 0 aromatic carbocycles. The first kappa shape index (κ1) is 9.93. The number of hydrogen-bond acceptors (Lipinski definition) is 4. The van der Waals surface area contributed by atoms with Gasteiger partial charge in [-0.25, -0.2) is 4.98 Å². The third-order valence-electron chi connectivity index (χ3n) is 2.60. The lowest BCUT2D eigenvalue weighted by atomic mass is 10.3. The predicted molar refractivity (Wildman–Crippen MR) is 65.2 cm³/mol. The van der Waals surface area contributed by atoms with Gasteiger partial charge in [0.1, 0.15) is 5.01 Å². The Morgan fingerprint density at radius 3 is 3.06 bits per heavy atom. The number of pyridine rings is 1.